The number of nitrogens with one attached hydrogen (secondary N) is 1. The Kier molecular flexibility index (Phi) is 3.42. The highest BCUT2D eigenvalue weighted by molar-refractivity contribution is 6.23. The Morgan fingerprint density at radius 1 is 1.09 bits per heavy atom. The lowest BCUT2D eigenvalue weighted by Crippen LogP contribution is -2.22. The highest BCUT2D eigenvalue weighted by Gasteiger charge is 2.15. The van der Waals surface area contributed by atoms with Crippen LogP contribution in [0.1, 0.15) is 5.56 Å². The molecule has 0 amide bonds. The van der Waals surface area contributed by atoms with Gasteiger partial charge in [0.15, 0.2) is 0 Å². The van der Waals surface area contributed by atoms with E-state index in [1.165, 1.54) is 17.5 Å². The van der Waals surface area contributed by atoms with Crippen LogP contribution in [-0.2, 0) is 0 Å². The molecule has 0 saturated carbocycles. The number of fused-ring (bicyclic) bond motifs is 1. The van der Waals surface area contributed by atoms with Crippen molar-refractivity contribution < 1.29 is 4.39 Å². The smallest absolute Gasteiger partial charge is 0.145 e. The minimum Gasteiger partial charge on any atom is -0.367 e. The van der Waals surface area contributed by atoms with Crippen molar-refractivity contribution in [2.75, 3.05) is 13.1 Å². The molecule has 0 unspecified atom stereocenters. The van der Waals surface area contributed by atoms with Crippen LogP contribution in [0.2, 0.25) is 0 Å². The Morgan fingerprint density at radius 3 is 2.70 bits per heavy atom. The lowest BCUT2D eigenvalue weighted by atomic mass is 10.1. The van der Waals surface area contributed by atoms with Gasteiger partial charge in [-0.15, -0.1) is 0 Å². The van der Waals surface area contributed by atoms with Gasteiger partial charge in [0.05, 0.1) is 17.8 Å². The van der Waals surface area contributed by atoms with Crippen LogP contribution in [0.15, 0.2) is 65.8 Å². The maximum atomic E-state index is 13.1. The molecule has 0 bridgehead atoms. The molecule has 0 saturated heterocycles. The molecule has 4 rings (SSSR count). The third-order valence-electron chi connectivity index (χ3n) is 3.95. The number of halogens is 1. The SMILES string of the molecule is Fc1ccc(/C=C(/C2=NCCN2)n2ccc3ccccc32)cc1. The maximum Gasteiger partial charge on any atom is 0.145 e. The summed E-state index contributed by atoms with van der Waals surface area (Å²) in [5, 5.41) is 4.51. The van der Waals surface area contributed by atoms with Crippen molar-refractivity contribution in [1.82, 2.24) is 9.88 Å². The lowest BCUT2D eigenvalue weighted by Gasteiger charge is -2.12. The highest BCUT2D eigenvalue weighted by Crippen LogP contribution is 2.22. The molecule has 1 aliphatic heterocycles. The zero-order valence-electron chi connectivity index (χ0n) is 12.5. The first-order valence-electron chi connectivity index (χ1n) is 7.64. The summed E-state index contributed by atoms with van der Waals surface area (Å²) in [6.45, 7) is 1.62. The Bertz CT molecular complexity index is 904. The Hall–Kier alpha value is -2.88. The minimum atomic E-state index is -0.230. The van der Waals surface area contributed by atoms with Gasteiger partial charge in [-0.05, 0) is 41.3 Å². The molecule has 0 atom stereocenters. The van der Waals surface area contributed by atoms with E-state index in [0.717, 1.165) is 35.7 Å². The molecule has 114 valence electrons. The van der Waals surface area contributed by atoms with Gasteiger partial charge < -0.3 is 9.88 Å². The summed E-state index contributed by atoms with van der Waals surface area (Å²) in [5.41, 5.74) is 3.03. The third kappa shape index (κ3) is 2.63. The average Bonchev–Trinajstić information content (AvgIpc) is 3.24. The summed E-state index contributed by atoms with van der Waals surface area (Å²) in [5.74, 6) is 0.641. The number of aromatic nitrogens is 1. The molecular weight excluding hydrogens is 289 g/mol. The summed E-state index contributed by atoms with van der Waals surface area (Å²) in [4.78, 5) is 4.55. The maximum absolute atomic E-state index is 13.1. The molecule has 3 aromatic rings. The van der Waals surface area contributed by atoms with Crippen LogP contribution >= 0.6 is 0 Å². The Morgan fingerprint density at radius 2 is 1.91 bits per heavy atom. The fraction of sp³-hybridized carbons (Fsp3) is 0.105. The monoisotopic (exact) mass is 305 g/mol. The quantitative estimate of drug-likeness (QED) is 0.784. The molecule has 1 aliphatic rings. The standard InChI is InChI=1S/C19H16FN3/c20-16-7-5-14(6-8-16)13-18(19-21-10-11-22-19)23-12-9-15-3-1-2-4-17(15)23/h1-9,12-13H,10-11H2,(H,21,22)/b18-13-. The molecule has 4 heteroatoms. The predicted octanol–water partition coefficient (Wildman–Crippen LogP) is 3.78. The zero-order valence-corrected chi connectivity index (χ0v) is 12.5. The third-order valence-corrected chi connectivity index (χ3v) is 3.95. The molecular formula is C19H16FN3. The van der Waals surface area contributed by atoms with Gasteiger partial charge in [0, 0.05) is 12.7 Å². The van der Waals surface area contributed by atoms with Crippen LogP contribution in [0.25, 0.3) is 22.7 Å². The normalized spacial score (nSPS) is 14.8. The van der Waals surface area contributed by atoms with Crippen molar-refractivity contribution in [2.24, 2.45) is 4.99 Å². The molecule has 1 aromatic heterocycles. The van der Waals surface area contributed by atoms with E-state index in [1.54, 1.807) is 12.1 Å². The van der Waals surface area contributed by atoms with Crippen molar-refractivity contribution in [3.8, 4) is 0 Å². The van der Waals surface area contributed by atoms with Gasteiger partial charge in [-0.2, -0.15) is 0 Å². The van der Waals surface area contributed by atoms with E-state index in [-0.39, 0.29) is 5.82 Å². The number of aliphatic imine (C=N–C) groups is 1. The number of amidine groups is 1. The topological polar surface area (TPSA) is 29.3 Å². The van der Waals surface area contributed by atoms with E-state index in [0.29, 0.717) is 0 Å². The number of nitrogens with zero attached hydrogens (tertiary/aromatic N) is 2. The molecule has 0 spiro atoms. The zero-order chi connectivity index (χ0) is 15.6. The minimum absolute atomic E-state index is 0.230. The van der Waals surface area contributed by atoms with E-state index < -0.39 is 0 Å². The second-order valence-electron chi connectivity index (χ2n) is 5.48. The largest absolute Gasteiger partial charge is 0.367 e. The highest BCUT2D eigenvalue weighted by atomic mass is 19.1. The van der Waals surface area contributed by atoms with Gasteiger partial charge in [0.1, 0.15) is 11.7 Å². The van der Waals surface area contributed by atoms with Crippen LogP contribution in [0.5, 0.6) is 0 Å². The van der Waals surface area contributed by atoms with E-state index in [4.69, 9.17) is 0 Å². The van der Waals surface area contributed by atoms with Gasteiger partial charge in [0.2, 0.25) is 0 Å². The van der Waals surface area contributed by atoms with E-state index in [9.17, 15) is 4.39 Å². The van der Waals surface area contributed by atoms with Crippen molar-refractivity contribution in [3.05, 3.63) is 72.2 Å². The number of hydrogen-bond acceptors (Lipinski definition) is 2. The van der Waals surface area contributed by atoms with Gasteiger partial charge in [-0.3, -0.25) is 4.99 Å². The molecule has 2 aromatic carbocycles. The molecule has 0 aliphatic carbocycles. The Balaban J connectivity index is 1.87. The van der Waals surface area contributed by atoms with E-state index in [2.05, 4.69) is 33.1 Å². The molecule has 23 heavy (non-hydrogen) atoms. The molecule has 0 radical (unpaired) electrons. The van der Waals surface area contributed by atoms with Crippen LogP contribution in [0.3, 0.4) is 0 Å². The van der Waals surface area contributed by atoms with Crippen molar-refractivity contribution >= 4 is 28.5 Å². The molecule has 2 heterocycles. The second-order valence-corrected chi connectivity index (χ2v) is 5.48. The van der Waals surface area contributed by atoms with Gasteiger partial charge in [-0.25, -0.2) is 4.39 Å². The van der Waals surface area contributed by atoms with Crippen LogP contribution in [0, 0.1) is 5.82 Å². The lowest BCUT2D eigenvalue weighted by molar-refractivity contribution is 0.628. The number of rotatable bonds is 3. The molecule has 1 N–H and O–H groups in total. The average molecular weight is 305 g/mol. The second kappa shape index (κ2) is 5.72. The van der Waals surface area contributed by atoms with E-state index in [1.807, 2.05) is 24.4 Å². The van der Waals surface area contributed by atoms with Crippen molar-refractivity contribution in [1.29, 1.82) is 0 Å². The molecule has 3 nitrogen and oxygen atoms in total. The fourth-order valence-electron chi connectivity index (χ4n) is 2.83. The van der Waals surface area contributed by atoms with Gasteiger partial charge in [0.25, 0.3) is 0 Å². The van der Waals surface area contributed by atoms with Gasteiger partial charge in [-0.1, -0.05) is 30.3 Å². The van der Waals surface area contributed by atoms with E-state index >= 15 is 0 Å². The Labute approximate surface area is 133 Å². The van der Waals surface area contributed by atoms with Crippen molar-refractivity contribution in [2.45, 2.75) is 0 Å². The number of hydrogen-bond donors (Lipinski definition) is 1. The van der Waals surface area contributed by atoms with Crippen LogP contribution in [0.4, 0.5) is 4.39 Å². The predicted molar refractivity (Wildman–Crippen MR) is 92.8 cm³/mol. The summed E-state index contributed by atoms with van der Waals surface area (Å²) in [6, 6.07) is 16.8. The summed E-state index contributed by atoms with van der Waals surface area (Å²) < 4.78 is 15.3. The molecule has 0 fully saturated rings. The van der Waals surface area contributed by atoms with Crippen LogP contribution in [-0.4, -0.2) is 23.5 Å². The number of benzene rings is 2. The summed E-state index contributed by atoms with van der Waals surface area (Å²) >= 11 is 0. The first-order valence-corrected chi connectivity index (χ1v) is 7.64. The van der Waals surface area contributed by atoms with Gasteiger partial charge >= 0.3 is 0 Å². The number of para-hydroxylation sites is 1. The van der Waals surface area contributed by atoms with Crippen LogP contribution < -0.4 is 5.32 Å². The first kappa shape index (κ1) is 13.8. The summed E-state index contributed by atoms with van der Waals surface area (Å²) in [7, 11) is 0. The van der Waals surface area contributed by atoms with Crippen molar-refractivity contribution in [3.63, 3.8) is 0 Å². The first-order chi connectivity index (χ1) is 11.3. The summed E-state index contributed by atoms with van der Waals surface area (Å²) in [6.07, 6.45) is 4.07. The fourth-order valence-corrected chi connectivity index (χ4v) is 2.83.